The highest BCUT2D eigenvalue weighted by molar-refractivity contribution is 5.25. The van der Waals surface area contributed by atoms with Gasteiger partial charge in [0.2, 0.25) is 5.95 Å². The Morgan fingerprint density at radius 1 is 1.33 bits per heavy atom. The van der Waals surface area contributed by atoms with Crippen molar-refractivity contribution in [1.29, 1.82) is 0 Å². The third-order valence-corrected chi connectivity index (χ3v) is 4.31. The minimum atomic E-state index is 0.759. The average molecular weight is 294 g/mol. The molecule has 120 valence electrons. The first-order valence-corrected chi connectivity index (χ1v) is 8.29. The number of nitrogens with zero attached hydrogens (tertiary/aromatic N) is 3. The van der Waals surface area contributed by atoms with Gasteiger partial charge in [-0.15, -0.1) is 0 Å². The molecule has 1 aromatic rings. The van der Waals surface area contributed by atoms with E-state index in [-0.39, 0.29) is 0 Å². The van der Waals surface area contributed by atoms with Gasteiger partial charge in [0.25, 0.3) is 0 Å². The summed E-state index contributed by atoms with van der Waals surface area (Å²) in [4.78, 5) is 7.01. The quantitative estimate of drug-likeness (QED) is 0.711. The molecule has 1 aliphatic heterocycles. The molecule has 0 aromatic carbocycles. The Morgan fingerprint density at radius 3 is 3.05 bits per heavy atom. The summed E-state index contributed by atoms with van der Waals surface area (Å²) < 4.78 is 7.27. The van der Waals surface area contributed by atoms with E-state index in [2.05, 4.69) is 26.7 Å². The van der Waals surface area contributed by atoms with Crippen LogP contribution in [-0.2, 0) is 11.3 Å². The largest absolute Gasteiger partial charge is 0.385 e. The van der Waals surface area contributed by atoms with Crippen LogP contribution in [0.1, 0.15) is 39.0 Å². The lowest BCUT2D eigenvalue weighted by molar-refractivity contribution is 0.160. The van der Waals surface area contributed by atoms with Crippen molar-refractivity contribution in [2.75, 3.05) is 38.7 Å². The zero-order chi connectivity index (χ0) is 14.9. The fraction of sp³-hybridized carbons (Fsp3) is 0.812. The molecule has 2 heterocycles. The van der Waals surface area contributed by atoms with Crippen LogP contribution in [-0.4, -0.2) is 53.8 Å². The number of nitrogens with one attached hydrogen (secondary N) is 1. The summed E-state index contributed by atoms with van der Waals surface area (Å²) in [5.41, 5.74) is 0. The topological polar surface area (TPSA) is 42.3 Å². The molecular formula is C16H30N4O. The van der Waals surface area contributed by atoms with Crippen molar-refractivity contribution in [2.24, 2.45) is 0 Å². The molecule has 1 aromatic heterocycles. The van der Waals surface area contributed by atoms with Gasteiger partial charge < -0.3 is 19.5 Å². The van der Waals surface area contributed by atoms with Crippen LogP contribution >= 0.6 is 0 Å². The van der Waals surface area contributed by atoms with E-state index >= 15 is 0 Å². The van der Waals surface area contributed by atoms with E-state index in [4.69, 9.17) is 4.74 Å². The van der Waals surface area contributed by atoms with E-state index in [1.165, 1.54) is 38.8 Å². The molecular weight excluding hydrogens is 264 g/mol. The molecule has 2 rings (SSSR count). The molecule has 1 saturated heterocycles. The molecule has 0 aliphatic carbocycles. The Kier molecular flexibility index (Phi) is 7.03. The van der Waals surface area contributed by atoms with Crippen LogP contribution < -0.4 is 5.32 Å². The fourth-order valence-electron chi connectivity index (χ4n) is 3.01. The second-order valence-corrected chi connectivity index (χ2v) is 5.95. The van der Waals surface area contributed by atoms with E-state index < -0.39 is 0 Å². The van der Waals surface area contributed by atoms with Crippen LogP contribution in [0.5, 0.6) is 0 Å². The van der Waals surface area contributed by atoms with Crippen molar-refractivity contribution >= 4 is 5.95 Å². The minimum absolute atomic E-state index is 0.759. The predicted molar refractivity (Wildman–Crippen MR) is 86.7 cm³/mol. The summed E-state index contributed by atoms with van der Waals surface area (Å²) in [5.74, 6) is 0.984. The number of anilines is 1. The number of ether oxygens (including phenoxy) is 1. The number of aromatic nitrogens is 2. The number of likely N-dealkylation sites (tertiary alicyclic amines) is 1. The zero-order valence-electron chi connectivity index (χ0n) is 13.6. The minimum Gasteiger partial charge on any atom is -0.385 e. The fourth-order valence-corrected chi connectivity index (χ4v) is 3.01. The molecule has 0 radical (unpaired) electrons. The number of imidazole rings is 1. The molecule has 0 spiro atoms. The second kappa shape index (κ2) is 9.05. The number of methoxy groups -OCH3 is 1. The number of rotatable bonds is 9. The molecule has 1 fully saturated rings. The smallest absolute Gasteiger partial charge is 0.202 e. The Hall–Kier alpha value is -1.07. The van der Waals surface area contributed by atoms with Crippen LogP contribution in [0.3, 0.4) is 0 Å². The Morgan fingerprint density at radius 2 is 2.24 bits per heavy atom. The Balaban J connectivity index is 1.65. The highest BCUT2D eigenvalue weighted by atomic mass is 16.5. The molecule has 1 unspecified atom stereocenters. The third-order valence-electron chi connectivity index (χ3n) is 4.31. The molecule has 1 atom stereocenters. The lowest BCUT2D eigenvalue weighted by Gasteiger charge is -2.33. The van der Waals surface area contributed by atoms with Crippen molar-refractivity contribution < 1.29 is 4.74 Å². The summed E-state index contributed by atoms with van der Waals surface area (Å²) in [6, 6.07) is 0.759. The van der Waals surface area contributed by atoms with Gasteiger partial charge >= 0.3 is 0 Å². The first-order valence-electron chi connectivity index (χ1n) is 8.29. The second-order valence-electron chi connectivity index (χ2n) is 5.95. The monoisotopic (exact) mass is 294 g/mol. The third kappa shape index (κ3) is 5.32. The maximum absolute atomic E-state index is 5.10. The maximum Gasteiger partial charge on any atom is 0.202 e. The van der Waals surface area contributed by atoms with Crippen molar-refractivity contribution in [3.05, 3.63) is 12.4 Å². The summed E-state index contributed by atoms with van der Waals surface area (Å²) in [6.45, 7) is 7.56. The van der Waals surface area contributed by atoms with Gasteiger partial charge in [-0.1, -0.05) is 6.42 Å². The predicted octanol–water partition coefficient (Wildman–Crippen LogP) is 2.60. The Labute approximate surface area is 128 Å². The van der Waals surface area contributed by atoms with E-state index in [0.29, 0.717) is 0 Å². The molecule has 21 heavy (non-hydrogen) atoms. The van der Waals surface area contributed by atoms with Crippen molar-refractivity contribution in [3.8, 4) is 0 Å². The summed E-state index contributed by atoms with van der Waals surface area (Å²) in [5, 5.41) is 3.46. The van der Waals surface area contributed by atoms with Crippen molar-refractivity contribution in [3.63, 3.8) is 0 Å². The van der Waals surface area contributed by atoms with Crippen LogP contribution in [0.4, 0.5) is 5.95 Å². The summed E-state index contributed by atoms with van der Waals surface area (Å²) in [6.07, 6.45) is 10.2. The van der Waals surface area contributed by atoms with Crippen molar-refractivity contribution in [1.82, 2.24) is 14.5 Å². The van der Waals surface area contributed by atoms with Crippen molar-refractivity contribution in [2.45, 2.75) is 51.6 Å². The normalized spacial score (nSPS) is 19.8. The van der Waals surface area contributed by atoms with E-state index in [0.717, 1.165) is 38.1 Å². The number of hydrogen-bond donors (Lipinski definition) is 1. The van der Waals surface area contributed by atoms with Crippen LogP contribution in [0.25, 0.3) is 0 Å². The van der Waals surface area contributed by atoms with Crippen LogP contribution in [0, 0.1) is 0 Å². The van der Waals surface area contributed by atoms with Gasteiger partial charge in [-0.05, 0) is 39.2 Å². The highest BCUT2D eigenvalue weighted by Crippen LogP contribution is 2.16. The SMILES string of the molecule is COCCCn1ccnc1NCCCN1CCCCC1C. The summed E-state index contributed by atoms with van der Waals surface area (Å²) >= 11 is 0. The van der Waals surface area contributed by atoms with Gasteiger partial charge in [0.15, 0.2) is 0 Å². The average Bonchev–Trinajstić information content (AvgIpc) is 2.93. The lowest BCUT2D eigenvalue weighted by atomic mass is 10.0. The van der Waals surface area contributed by atoms with Gasteiger partial charge in [-0.3, -0.25) is 0 Å². The molecule has 1 aliphatic rings. The van der Waals surface area contributed by atoms with Gasteiger partial charge in [0.1, 0.15) is 0 Å². The molecule has 0 bridgehead atoms. The molecule has 5 nitrogen and oxygen atoms in total. The highest BCUT2D eigenvalue weighted by Gasteiger charge is 2.17. The lowest BCUT2D eigenvalue weighted by Crippen LogP contribution is -2.38. The first kappa shape index (κ1) is 16.3. The Bertz CT molecular complexity index is 393. The van der Waals surface area contributed by atoms with E-state index in [1.54, 1.807) is 7.11 Å². The number of hydrogen-bond acceptors (Lipinski definition) is 4. The number of piperidine rings is 1. The zero-order valence-corrected chi connectivity index (χ0v) is 13.6. The van der Waals surface area contributed by atoms with Crippen LogP contribution in [0.15, 0.2) is 12.4 Å². The number of aryl methyl sites for hydroxylation is 1. The standard InChI is InChI=1S/C16H30N4O/c1-15-7-3-4-10-19(15)11-5-8-17-16-18-9-13-20(16)12-6-14-21-2/h9,13,15H,3-8,10-12,14H2,1-2H3,(H,17,18). The van der Waals surface area contributed by atoms with E-state index in [9.17, 15) is 0 Å². The van der Waals surface area contributed by atoms with Gasteiger partial charge in [-0.25, -0.2) is 4.98 Å². The van der Waals surface area contributed by atoms with Gasteiger partial charge in [-0.2, -0.15) is 0 Å². The van der Waals surface area contributed by atoms with Gasteiger partial charge in [0, 0.05) is 51.8 Å². The molecule has 5 heteroatoms. The molecule has 0 amide bonds. The maximum atomic E-state index is 5.10. The van der Waals surface area contributed by atoms with Gasteiger partial charge in [0.05, 0.1) is 0 Å². The van der Waals surface area contributed by atoms with E-state index in [1.807, 2.05) is 12.4 Å². The van der Waals surface area contributed by atoms with Crippen LogP contribution in [0.2, 0.25) is 0 Å². The first-order chi connectivity index (χ1) is 10.3. The summed E-state index contributed by atoms with van der Waals surface area (Å²) in [7, 11) is 1.74. The molecule has 1 N–H and O–H groups in total. The molecule has 0 saturated carbocycles.